The van der Waals surface area contributed by atoms with E-state index in [0.29, 0.717) is 5.56 Å². The molecular formula is C11H10N2O3. The highest BCUT2D eigenvalue weighted by Crippen LogP contribution is 2.10. The van der Waals surface area contributed by atoms with E-state index in [1.165, 1.54) is 19.1 Å². The minimum Gasteiger partial charge on any atom is -0.345 e. The number of nitro groups is 1. The zero-order valence-electron chi connectivity index (χ0n) is 8.69. The molecule has 5 nitrogen and oxygen atoms in total. The number of nitrogens with zero attached hydrogens (tertiary/aromatic N) is 1. The van der Waals surface area contributed by atoms with Gasteiger partial charge in [-0.05, 0) is 12.1 Å². The van der Waals surface area contributed by atoms with Crippen LogP contribution in [0.1, 0.15) is 12.5 Å². The number of rotatable bonds is 2. The van der Waals surface area contributed by atoms with Crippen LogP contribution in [0.15, 0.2) is 24.3 Å². The van der Waals surface area contributed by atoms with Crippen molar-refractivity contribution in [2.24, 2.45) is 0 Å². The number of carbonyl (C=O) groups is 1. The van der Waals surface area contributed by atoms with Gasteiger partial charge in [0.05, 0.1) is 11.5 Å². The molecule has 1 N–H and O–H groups in total. The SMILES string of the molecule is CC(=O)NCC#Cc1ccc([N+](=O)[O-])cc1. The smallest absolute Gasteiger partial charge is 0.269 e. The summed E-state index contributed by atoms with van der Waals surface area (Å²) in [6.45, 7) is 1.68. The summed E-state index contributed by atoms with van der Waals surface area (Å²) in [5.41, 5.74) is 0.711. The van der Waals surface area contributed by atoms with Crippen molar-refractivity contribution in [3.05, 3.63) is 39.9 Å². The van der Waals surface area contributed by atoms with Gasteiger partial charge in [-0.3, -0.25) is 14.9 Å². The lowest BCUT2D eigenvalue weighted by Crippen LogP contribution is -2.19. The van der Waals surface area contributed by atoms with E-state index < -0.39 is 4.92 Å². The molecule has 0 fully saturated rings. The van der Waals surface area contributed by atoms with Gasteiger partial charge in [-0.15, -0.1) is 0 Å². The maximum absolute atomic E-state index is 10.5. The van der Waals surface area contributed by atoms with Gasteiger partial charge in [-0.25, -0.2) is 0 Å². The lowest BCUT2D eigenvalue weighted by atomic mass is 10.2. The van der Waals surface area contributed by atoms with Gasteiger partial charge in [0.15, 0.2) is 0 Å². The lowest BCUT2D eigenvalue weighted by molar-refractivity contribution is -0.384. The van der Waals surface area contributed by atoms with Gasteiger partial charge in [-0.1, -0.05) is 11.8 Å². The van der Waals surface area contributed by atoms with E-state index in [-0.39, 0.29) is 18.1 Å². The van der Waals surface area contributed by atoms with Crippen LogP contribution in [-0.2, 0) is 4.79 Å². The Bertz CT molecular complexity index is 454. The van der Waals surface area contributed by atoms with Gasteiger partial charge in [0.2, 0.25) is 5.91 Å². The summed E-state index contributed by atoms with van der Waals surface area (Å²) in [7, 11) is 0. The molecule has 5 heteroatoms. The fraction of sp³-hybridized carbons (Fsp3) is 0.182. The van der Waals surface area contributed by atoms with E-state index in [4.69, 9.17) is 0 Å². The molecule has 0 saturated heterocycles. The second-order valence-electron chi connectivity index (χ2n) is 3.02. The molecular weight excluding hydrogens is 208 g/mol. The Labute approximate surface area is 92.6 Å². The first-order valence-corrected chi connectivity index (χ1v) is 4.57. The average Bonchev–Trinajstić information content (AvgIpc) is 2.25. The van der Waals surface area contributed by atoms with Crippen molar-refractivity contribution < 1.29 is 9.72 Å². The predicted octanol–water partition coefficient (Wildman–Crippen LogP) is 1.08. The van der Waals surface area contributed by atoms with Crippen molar-refractivity contribution in [2.75, 3.05) is 6.54 Å². The summed E-state index contributed by atoms with van der Waals surface area (Å²) in [6.07, 6.45) is 0. The molecule has 0 bridgehead atoms. The monoisotopic (exact) mass is 218 g/mol. The van der Waals surface area contributed by atoms with Crippen molar-refractivity contribution >= 4 is 11.6 Å². The molecule has 0 aliphatic carbocycles. The number of hydrogen-bond donors (Lipinski definition) is 1. The fourth-order valence-corrected chi connectivity index (χ4v) is 0.981. The molecule has 0 heterocycles. The highest BCUT2D eigenvalue weighted by molar-refractivity contribution is 5.73. The van der Waals surface area contributed by atoms with E-state index in [2.05, 4.69) is 17.2 Å². The molecule has 1 rings (SSSR count). The van der Waals surface area contributed by atoms with Gasteiger partial charge in [0.1, 0.15) is 0 Å². The second-order valence-corrected chi connectivity index (χ2v) is 3.02. The molecule has 0 spiro atoms. The summed E-state index contributed by atoms with van der Waals surface area (Å²) in [6, 6.07) is 5.92. The fourth-order valence-electron chi connectivity index (χ4n) is 0.981. The molecule has 82 valence electrons. The Morgan fingerprint density at radius 1 is 1.44 bits per heavy atom. The molecule has 0 atom stereocenters. The normalized spacial score (nSPS) is 8.81. The van der Waals surface area contributed by atoms with Crippen molar-refractivity contribution in [3.63, 3.8) is 0 Å². The van der Waals surface area contributed by atoms with E-state index in [0.717, 1.165) is 0 Å². The maximum atomic E-state index is 10.5. The van der Waals surface area contributed by atoms with Gasteiger partial charge < -0.3 is 5.32 Å². The van der Waals surface area contributed by atoms with E-state index in [1.807, 2.05) is 0 Å². The van der Waals surface area contributed by atoms with Crippen molar-refractivity contribution in [3.8, 4) is 11.8 Å². The van der Waals surface area contributed by atoms with Crippen LogP contribution in [-0.4, -0.2) is 17.4 Å². The third-order valence-electron chi connectivity index (χ3n) is 1.74. The second kappa shape index (κ2) is 5.51. The van der Waals surface area contributed by atoms with E-state index in [1.54, 1.807) is 12.1 Å². The molecule has 0 aliphatic rings. The standard InChI is InChI=1S/C11H10N2O3/c1-9(14)12-8-2-3-10-4-6-11(7-5-10)13(15)16/h4-7H,8H2,1H3,(H,12,14). The largest absolute Gasteiger partial charge is 0.345 e. The molecule has 1 aromatic carbocycles. The van der Waals surface area contributed by atoms with Crippen LogP contribution in [0.5, 0.6) is 0 Å². The number of amides is 1. The van der Waals surface area contributed by atoms with Crippen LogP contribution in [0.3, 0.4) is 0 Å². The van der Waals surface area contributed by atoms with Crippen LogP contribution in [0.25, 0.3) is 0 Å². The Kier molecular flexibility index (Phi) is 4.04. The zero-order valence-corrected chi connectivity index (χ0v) is 8.69. The Morgan fingerprint density at radius 3 is 2.56 bits per heavy atom. The summed E-state index contributed by atoms with van der Waals surface area (Å²) in [5.74, 6) is 5.37. The number of carbonyl (C=O) groups excluding carboxylic acids is 1. The first kappa shape index (κ1) is 11.7. The summed E-state index contributed by atoms with van der Waals surface area (Å²) < 4.78 is 0. The maximum Gasteiger partial charge on any atom is 0.269 e. The predicted molar refractivity (Wildman–Crippen MR) is 58.7 cm³/mol. The number of hydrogen-bond acceptors (Lipinski definition) is 3. The molecule has 0 unspecified atom stereocenters. The van der Waals surface area contributed by atoms with E-state index >= 15 is 0 Å². The molecule has 0 saturated carbocycles. The first-order chi connectivity index (χ1) is 7.59. The third kappa shape index (κ3) is 3.80. The first-order valence-electron chi connectivity index (χ1n) is 4.57. The number of benzene rings is 1. The molecule has 1 aromatic rings. The Morgan fingerprint density at radius 2 is 2.06 bits per heavy atom. The molecule has 1 amide bonds. The third-order valence-corrected chi connectivity index (χ3v) is 1.74. The molecule has 0 aromatic heterocycles. The Balaban J connectivity index is 2.61. The van der Waals surface area contributed by atoms with Gasteiger partial charge in [-0.2, -0.15) is 0 Å². The quantitative estimate of drug-likeness (QED) is 0.458. The zero-order chi connectivity index (χ0) is 12.0. The van der Waals surface area contributed by atoms with Gasteiger partial charge in [0.25, 0.3) is 5.69 Å². The van der Waals surface area contributed by atoms with Crippen molar-refractivity contribution in [1.29, 1.82) is 0 Å². The topological polar surface area (TPSA) is 72.2 Å². The van der Waals surface area contributed by atoms with Crippen LogP contribution in [0.4, 0.5) is 5.69 Å². The van der Waals surface area contributed by atoms with Crippen LogP contribution >= 0.6 is 0 Å². The van der Waals surface area contributed by atoms with Crippen LogP contribution in [0.2, 0.25) is 0 Å². The number of nitro benzene ring substituents is 1. The molecule has 16 heavy (non-hydrogen) atoms. The minimum absolute atomic E-state index is 0.0346. The average molecular weight is 218 g/mol. The highest BCUT2D eigenvalue weighted by atomic mass is 16.6. The lowest BCUT2D eigenvalue weighted by Gasteiger charge is -1.92. The molecule has 0 aliphatic heterocycles. The summed E-state index contributed by atoms with van der Waals surface area (Å²) in [4.78, 5) is 20.4. The number of non-ortho nitro benzene ring substituents is 1. The summed E-state index contributed by atoms with van der Waals surface area (Å²) >= 11 is 0. The van der Waals surface area contributed by atoms with E-state index in [9.17, 15) is 14.9 Å². The Hall–Kier alpha value is -2.35. The van der Waals surface area contributed by atoms with Gasteiger partial charge in [0, 0.05) is 24.6 Å². The van der Waals surface area contributed by atoms with Crippen molar-refractivity contribution in [1.82, 2.24) is 5.32 Å². The van der Waals surface area contributed by atoms with Crippen LogP contribution < -0.4 is 5.32 Å². The summed E-state index contributed by atoms with van der Waals surface area (Å²) in [5, 5.41) is 12.9. The van der Waals surface area contributed by atoms with Gasteiger partial charge >= 0.3 is 0 Å². The highest BCUT2D eigenvalue weighted by Gasteiger charge is 2.01. The molecule has 0 radical (unpaired) electrons. The van der Waals surface area contributed by atoms with Crippen molar-refractivity contribution in [2.45, 2.75) is 6.92 Å². The minimum atomic E-state index is -0.464. The van der Waals surface area contributed by atoms with Crippen LogP contribution in [0, 0.1) is 22.0 Å². The number of nitrogens with one attached hydrogen (secondary N) is 1.